The van der Waals surface area contributed by atoms with Crippen LogP contribution >= 0.6 is 0 Å². The molecule has 5 fully saturated rings. The van der Waals surface area contributed by atoms with E-state index in [1.165, 1.54) is 4.90 Å². The highest BCUT2D eigenvalue weighted by molar-refractivity contribution is 6.45. The molecule has 5 atom stereocenters. The lowest BCUT2D eigenvalue weighted by molar-refractivity contribution is -0.199. The van der Waals surface area contributed by atoms with E-state index < -0.39 is 78.2 Å². The molecule has 1 aromatic rings. The smallest absolute Gasteiger partial charge is 0.486 e. The minimum Gasteiger partial charge on any atom is -0.486 e. The maximum atomic E-state index is 14.0. The summed E-state index contributed by atoms with van der Waals surface area (Å²) in [6.07, 6.45) is -0.334. The number of aryl methyl sites for hydroxylation is 1. The van der Waals surface area contributed by atoms with Gasteiger partial charge in [-0.15, -0.1) is 0 Å². The zero-order valence-corrected chi connectivity index (χ0v) is 34.9. The Morgan fingerprint density at radius 1 is 0.929 bits per heavy atom. The average molecular weight is 787 g/mol. The predicted molar refractivity (Wildman–Crippen MR) is 204 cm³/mol. The number of carboxylic acid groups (broad SMARTS) is 1. The summed E-state index contributed by atoms with van der Waals surface area (Å²) >= 11 is 0. The Labute approximate surface area is 329 Å². The largest absolute Gasteiger partial charge is 0.514 e. The third-order valence-electron chi connectivity index (χ3n) is 10.9. The maximum Gasteiger partial charge on any atom is 0.514 e. The maximum absolute atomic E-state index is 14.0. The van der Waals surface area contributed by atoms with Gasteiger partial charge in [-0.05, 0) is 124 Å². The SMILES string of the molecule is CC(C)(C)OC(=O)N[C@H](CC(=O)N1CC(Oc2ccc(CCB3O[C@@H]4C[C@@H]5C[C@@H](C5(C)C)[C@]4(C)O3)c(OC(=O)OC(C)(C)C)c2C(=O)OC(C)(C)C)C1)C(=O)O. The molecule has 16 heteroatoms. The normalized spacial score (nSPS) is 24.8. The van der Waals surface area contributed by atoms with Crippen LogP contribution in [0.25, 0.3) is 0 Å². The van der Waals surface area contributed by atoms with Crippen molar-refractivity contribution in [1.29, 1.82) is 0 Å². The molecule has 2 N–H and O–H groups in total. The van der Waals surface area contributed by atoms with E-state index in [0.717, 1.165) is 12.8 Å². The van der Waals surface area contributed by atoms with Gasteiger partial charge in [0.15, 0.2) is 5.75 Å². The van der Waals surface area contributed by atoms with Crippen LogP contribution in [0.15, 0.2) is 12.1 Å². The van der Waals surface area contributed by atoms with Crippen molar-refractivity contribution >= 4 is 37.2 Å². The Morgan fingerprint density at radius 3 is 2.12 bits per heavy atom. The molecule has 2 aliphatic heterocycles. The van der Waals surface area contributed by atoms with Crippen molar-refractivity contribution in [1.82, 2.24) is 10.2 Å². The number of likely N-dealkylation sites (tertiary alicyclic amines) is 1. The Hall–Kier alpha value is -4.05. The van der Waals surface area contributed by atoms with Crippen LogP contribution in [0.2, 0.25) is 6.32 Å². The third kappa shape index (κ3) is 9.90. The first kappa shape index (κ1) is 43.1. The van der Waals surface area contributed by atoms with Gasteiger partial charge < -0.3 is 48.3 Å². The second kappa shape index (κ2) is 15.4. The Bertz CT molecular complexity index is 1700. The monoisotopic (exact) mass is 786 g/mol. The molecular weight excluding hydrogens is 727 g/mol. The quantitative estimate of drug-likeness (QED) is 0.112. The predicted octanol–water partition coefficient (Wildman–Crippen LogP) is 6.18. The highest BCUT2D eigenvalue weighted by Gasteiger charge is 2.67. The van der Waals surface area contributed by atoms with Crippen molar-refractivity contribution in [2.24, 2.45) is 17.3 Å². The van der Waals surface area contributed by atoms with Crippen molar-refractivity contribution < 1.29 is 62.1 Å². The zero-order chi connectivity index (χ0) is 41.8. The molecule has 15 nitrogen and oxygen atoms in total. The molecular formula is C40H59BN2O13. The van der Waals surface area contributed by atoms with E-state index in [0.29, 0.717) is 30.1 Å². The van der Waals surface area contributed by atoms with Gasteiger partial charge in [0.2, 0.25) is 5.91 Å². The molecule has 310 valence electrons. The van der Waals surface area contributed by atoms with Crippen LogP contribution in [0.3, 0.4) is 0 Å². The molecule has 5 aliphatic rings. The van der Waals surface area contributed by atoms with Gasteiger partial charge in [-0.2, -0.15) is 0 Å². The van der Waals surface area contributed by atoms with Crippen molar-refractivity contribution in [3.63, 3.8) is 0 Å². The van der Waals surface area contributed by atoms with Crippen LogP contribution in [0.4, 0.5) is 9.59 Å². The van der Waals surface area contributed by atoms with Crippen molar-refractivity contribution in [3.8, 4) is 11.5 Å². The van der Waals surface area contributed by atoms with Crippen LogP contribution in [0, 0.1) is 17.3 Å². The van der Waals surface area contributed by atoms with Gasteiger partial charge in [0.1, 0.15) is 40.3 Å². The molecule has 1 aromatic carbocycles. The lowest BCUT2D eigenvalue weighted by Gasteiger charge is -2.64. The van der Waals surface area contributed by atoms with Crippen LogP contribution < -0.4 is 14.8 Å². The minimum absolute atomic E-state index is 0.0139. The molecule has 0 aromatic heterocycles. The van der Waals surface area contributed by atoms with E-state index >= 15 is 0 Å². The number of hydrogen-bond acceptors (Lipinski definition) is 12. The Balaban J connectivity index is 1.35. The summed E-state index contributed by atoms with van der Waals surface area (Å²) in [6.45, 7) is 22.0. The summed E-state index contributed by atoms with van der Waals surface area (Å²) in [5, 5.41) is 11.9. The van der Waals surface area contributed by atoms with Crippen molar-refractivity contribution in [2.75, 3.05) is 13.1 Å². The lowest BCUT2D eigenvalue weighted by Crippen LogP contribution is -2.65. The fourth-order valence-electron chi connectivity index (χ4n) is 8.09. The Morgan fingerprint density at radius 2 is 1.55 bits per heavy atom. The molecule has 0 unspecified atom stereocenters. The summed E-state index contributed by atoms with van der Waals surface area (Å²) in [5.74, 6) is -1.77. The van der Waals surface area contributed by atoms with Crippen molar-refractivity contribution in [2.45, 2.75) is 156 Å². The minimum atomic E-state index is -1.51. The molecule has 6 rings (SSSR count). The molecule has 2 heterocycles. The van der Waals surface area contributed by atoms with Crippen LogP contribution in [-0.4, -0.2) is 101 Å². The van der Waals surface area contributed by atoms with Crippen LogP contribution in [0.5, 0.6) is 11.5 Å². The second-order valence-electron chi connectivity index (χ2n) is 19.2. The molecule has 0 spiro atoms. The topological polar surface area (TPSA) is 185 Å². The number of rotatable bonds is 11. The number of nitrogens with one attached hydrogen (secondary N) is 1. The van der Waals surface area contributed by atoms with Crippen LogP contribution in [-0.2, 0) is 39.5 Å². The number of carbonyl (C=O) groups is 5. The molecule has 56 heavy (non-hydrogen) atoms. The van der Waals surface area contributed by atoms with E-state index in [2.05, 4.69) is 26.1 Å². The van der Waals surface area contributed by atoms with Gasteiger partial charge in [0, 0.05) is 0 Å². The number of alkyl carbamates (subject to hydrolysis) is 1. The van der Waals surface area contributed by atoms with Gasteiger partial charge in [0.25, 0.3) is 0 Å². The summed E-state index contributed by atoms with van der Waals surface area (Å²) in [5.41, 5.74) is -2.53. The number of aliphatic carboxylic acids is 1. The summed E-state index contributed by atoms with van der Waals surface area (Å²) < 4.78 is 41.6. The third-order valence-corrected chi connectivity index (χ3v) is 10.9. The number of nitrogens with zero attached hydrogens (tertiary/aromatic N) is 1. The number of hydrogen-bond donors (Lipinski definition) is 2. The number of esters is 1. The molecule has 2 amide bonds. The van der Waals surface area contributed by atoms with Gasteiger partial charge >= 0.3 is 31.3 Å². The summed E-state index contributed by atoms with van der Waals surface area (Å²) in [4.78, 5) is 65.6. The number of benzene rings is 1. The standard InChI is InChI=1S/C40H59BN2O13/c1-36(2,3)52-33(47)30-26(50-24-20-43(21-24)29(44)19-25(32(45)46)42-34(48)53-37(4,5)6)14-13-22(31(30)51-35(49)54-38(7,8)9)15-16-41-55-28-18-23-17-27(39(23,10)11)40(28,12)56-41/h13-14,23-25,27-28H,15-21H2,1-12H3,(H,42,48)(H,45,46)/t23-,25+,27-,28+,40-/m0/s1. The molecule has 3 saturated carbocycles. The molecule has 2 bridgehead atoms. The summed E-state index contributed by atoms with van der Waals surface area (Å²) in [6, 6.07) is 1.79. The van der Waals surface area contributed by atoms with Gasteiger partial charge in [-0.1, -0.05) is 19.9 Å². The number of ether oxygens (including phenoxy) is 5. The average Bonchev–Trinajstić information content (AvgIpc) is 3.34. The first-order chi connectivity index (χ1) is 25.6. The fraction of sp³-hybridized carbons (Fsp3) is 0.725. The second-order valence-corrected chi connectivity index (χ2v) is 19.2. The zero-order valence-electron chi connectivity index (χ0n) is 34.9. The summed E-state index contributed by atoms with van der Waals surface area (Å²) in [7, 11) is -0.506. The molecule has 0 radical (unpaired) electrons. The van der Waals surface area contributed by atoms with E-state index in [4.69, 9.17) is 33.0 Å². The Kier molecular flexibility index (Phi) is 11.8. The first-order valence-electron chi connectivity index (χ1n) is 19.5. The number of amides is 2. The molecule has 3 aliphatic carbocycles. The number of carbonyl (C=O) groups excluding carboxylic acids is 4. The van der Waals surface area contributed by atoms with Gasteiger partial charge in [0.05, 0.1) is 31.2 Å². The van der Waals surface area contributed by atoms with Crippen molar-refractivity contribution in [3.05, 3.63) is 23.3 Å². The number of carboxylic acids is 1. The molecule has 2 saturated heterocycles. The lowest BCUT2D eigenvalue weighted by atomic mass is 9.43. The fourth-order valence-corrected chi connectivity index (χ4v) is 8.09. The van der Waals surface area contributed by atoms with E-state index in [9.17, 15) is 29.1 Å². The van der Waals surface area contributed by atoms with Gasteiger partial charge in [-0.3, -0.25) is 4.79 Å². The van der Waals surface area contributed by atoms with E-state index in [1.54, 1.807) is 74.4 Å². The highest BCUT2D eigenvalue weighted by atomic mass is 16.7. The first-order valence-corrected chi connectivity index (χ1v) is 19.5. The van der Waals surface area contributed by atoms with E-state index in [-0.39, 0.29) is 41.7 Å². The van der Waals surface area contributed by atoms with Gasteiger partial charge in [-0.25, -0.2) is 19.2 Å². The van der Waals surface area contributed by atoms with Crippen LogP contribution in [0.1, 0.15) is 118 Å². The van der Waals surface area contributed by atoms with E-state index in [1.807, 2.05) is 0 Å². The highest BCUT2D eigenvalue weighted by Crippen LogP contribution is 2.65.